The molecular weight excluding hydrogens is 142 g/mol. The molecule has 0 saturated carbocycles. The zero-order valence-electron chi connectivity index (χ0n) is 4.42. The zero-order chi connectivity index (χ0) is 6.15. The summed E-state index contributed by atoms with van der Waals surface area (Å²) in [7, 11) is 0. The van der Waals surface area contributed by atoms with Gasteiger partial charge in [0.25, 0.3) is 0 Å². The monoisotopic (exact) mass is 149 g/mol. The molecule has 0 aromatic rings. The van der Waals surface area contributed by atoms with Crippen LogP contribution < -0.4 is 5.32 Å². The lowest BCUT2D eigenvalue weighted by atomic mass is 10.4. The number of thiocarbonyl (C=S) groups is 1. The number of aliphatic hydroxyl groups excluding tert-OH is 1. The topological polar surface area (TPSA) is 32.3 Å². The van der Waals surface area contributed by atoms with E-state index < -0.39 is 6.23 Å². The number of nitrogens with one attached hydrogen (secondary N) is 1. The molecule has 1 saturated heterocycles. The quantitative estimate of drug-likeness (QED) is 0.486. The molecule has 1 aliphatic heterocycles. The normalized spacial score (nSPS) is 37.5. The minimum atomic E-state index is -0.438. The lowest BCUT2D eigenvalue weighted by Crippen LogP contribution is -2.28. The van der Waals surface area contributed by atoms with Crippen molar-refractivity contribution < 1.29 is 5.11 Å². The van der Waals surface area contributed by atoms with Crippen LogP contribution in [0.1, 0.15) is 6.92 Å². The van der Waals surface area contributed by atoms with E-state index in [1.54, 1.807) is 0 Å². The standard InChI is InChI=1S/C4H7NOS2/c1-2-3(6)5-4(7)8-2/h2-3,6H,1H3,(H,5,7). The van der Waals surface area contributed by atoms with Crippen molar-refractivity contribution in [1.82, 2.24) is 5.32 Å². The highest BCUT2D eigenvalue weighted by Gasteiger charge is 2.24. The smallest absolute Gasteiger partial charge is 0.137 e. The first-order valence-electron chi connectivity index (χ1n) is 2.35. The van der Waals surface area contributed by atoms with Crippen molar-refractivity contribution in [3.8, 4) is 0 Å². The number of thioether (sulfide) groups is 1. The molecule has 1 rings (SSSR count). The van der Waals surface area contributed by atoms with E-state index >= 15 is 0 Å². The predicted molar refractivity (Wildman–Crippen MR) is 38.8 cm³/mol. The Morgan fingerprint density at radius 2 is 2.50 bits per heavy atom. The van der Waals surface area contributed by atoms with Gasteiger partial charge in [0.15, 0.2) is 0 Å². The summed E-state index contributed by atoms with van der Waals surface area (Å²) in [6, 6.07) is 0. The van der Waals surface area contributed by atoms with E-state index in [0.29, 0.717) is 4.32 Å². The van der Waals surface area contributed by atoms with Gasteiger partial charge in [0.1, 0.15) is 10.5 Å². The van der Waals surface area contributed by atoms with Crippen LogP contribution in [0, 0.1) is 0 Å². The molecule has 0 spiro atoms. The Morgan fingerprint density at radius 3 is 2.62 bits per heavy atom. The molecule has 8 heavy (non-hydrogen) atoms. The largest absolute Gasteiger partial charge is 0.373 e. The summed E-state index contributed by atoms with van der Waals surface area (Å²) in [5, 5.41) is 11.9. The number of aliphatic hydroxyl groups is 1. The van der Waals surface area contributed by atoms with Crippen LogP contribution >= 0.6 is 24.0 Å². The van der Waals surface area contributed by atoms with Crippen LogP contribution in [0.25, 0.3) is 0 Å². The molecule has 4 heteroatoms. The maximum Gasteiger partial charge on any atom is 0.137 e. The van der Waals surface area contributed by atoms with E-state index in [1.165, 1.54) is 11.8 Å². The first kappa shape index (κ1) is 6.32. The molecular formula is C4H7NOS2. The molecule has 2 N–H and O–H groups in total. The third-order valence-corrected chi connectivity index (χ3v) is 2.37. The Hall–Kier alpha value is 0.200. The average Bonchev–Trinajstić information content (AvgIpc) is 1.85. The zero-order valence-corrected chi connectivity index (χ0v) is 6.05. The summed E-state index contributed by atoms with van der Waals surface area (Å²) in [6.45, 7) is 1.93. The van der Waals surface area contributed by atoms with Crippen LogP contribution in [0.2, 0.25) is 0 Å². The van der Waals surface area contributed by atoms with E-state index in [2.05, 4.69) is 5.32 Å². The molecule has 0 aromatic carbocycles. The molecule has 0 radical (unpaired) electrons. The highest BCUT2D eigenvalue weighted by Crippen LogP contribution is 2.20. The first-order valence-corrected chi connectivity index (χ1v) is 3.64. The van der Waals surface area contributed by atoms with Crippen molar-refractivity contribution in [2.45, 2.75) is 18.4 Å². The summed E-state index contributed by atoms with van der Waals surface area (Å²) in [6.07, 6.45) is -0.438. The van der Waals surface area contributed by atoms with Crippen molar-refractivity contribution >= 4 is 28.3 Å². The summed E-state index contributed by atoms with van der Waals surface area (Å²) < 4.78 is 0.699. The predicted octanol–water partition coefficient (Wildman–Crippen LogP) is 0.315. The van der Waals surface area contributed by atoms with E-state index in [0.717, 1.165) is 0 Å². The first-order chi connectivity index (χ1) is 3.70. The van der Waals surface area contributed by atoms with Crippen LogP contribution in [-0.2, 0) is 0 Å². The fourth-order valence-electron chi connectivity index (χ4n) is 0.505. The molecule has 1 fully saturated rings. The van der Waals surface area contributed by atoms with Gasteiger partial charge in [0.05, 0.1) is 5.25 Å². The van der Waals surface area contributed by atoms with Gasteiger partial charge in [-0.05, 0) is 6.92 Å². The van der Waals surface area contributed by atoms with E-state index in [4.69, 9.17) is 17.3 Å². The molecule has 1 heterocycles. The second-order valence-corrected chi connectivity index (χ2v) is 3.75. The maximum absolute atomic E-state index is 8.95. The molecule has 0 aliphatic carbocycles. The van der Waals surface area contributed by atoms with Gasteiger partial charge in [0, 0.05) is 0 Å². The van der Waals surface area contributed by atoms with Gasteiger partial charge >= 0.3 is 0 Å². The number of hydrogen-bond acceptors (Lipinski definition) is 3. The highest BCUT2D eigenvalue weighted by molar-refractivity contribution is 8.23. The molecule has 2 nitrogen and oxygen atoms in total. The van der Waals surface area contributed by atoms with Gasteiger partial charge in [-0.2, -0.15) is 0 Å². The van der Waals surface area contributed by atoms with Crippen molar-refractivity contribution in [1.29, 1.82) is 0 Å². The van der Waals surface area contributed by atoms with Crippen LogP contribution in [-0.4, -0.2) is 20.9 Å². The van der Waals surface area contributed by atoms with Gasteiger partial charge < -0.3 is 10.4 Å². The fraction of sp³-hybridized carbons (Fsp3) is 0.750. The Bertz CT molecular complexity index is 105. The van der Waals surface area contributed by atoms with E-state index in [1.807, 2.05) is 6.92 Å². The lowest BCUT2D eigenvalue weighted by Gasteiger charge is -2.03. The van der Waals surface area contributed by atoms with Gasteiger partial charge in [0.2, 0.25) is 0 Å². The average molecular weight is 149 g/mol. The highest BCUT2D eigenvalue weighted by atomic mass is 32.2. The third kappa shape index (κ3) is 1.13. The van der Waals surface area contributed by atoms with Gasteiger partial charge in [-0.3, -0.25) is 0 Å². The molecule has 0 aromatic heterocycles. The molecule has 0 bridgehead atoms. The Labute approximate surface area is 57.7 Å². The van der Waals surface area contributed by atoms with Crippen molar-refractivity contribution in [3.05, 3.63) is 0 Å². The lowest BCUT2D eigenvalue weighted by molar-refractivity contribution is 0.167. The Morgan fingerprint density at radius 1 is 1.88 bits per heavy atom. The molecule has 0 amide bonds. The third-order valence-electron chi connectivity index (χ3n) is 1.00. The molecule has 1 aliphatic rings. The summed E-state index contributed by atoms with van der Waals surface area (Å²) in [4.78, 5) is 0. The van der Waals surface area contributed by atoms with Gasteiger partial charge in [-0.25, -0.2) is 0 Å². The second kappa shape index (κ2) is 2.21. The van der Waals surface area contributed by atoms with Crippen LogP contribution in [0.3, 0.4) is 0 Å². The summed E-state index contributed by atoms with van der Waals surface area (Å²) in [5.41, 5.74) is 0. The van der Waals surface area contributed by atoms with Gasteiger partial charge in [-0.1, -0.05) is 24.0 Å². The molecule has 2 atom stereocenters. The van der Waals surface area contributed by atoms with Gasteiger partial charge in [-0.15, -0.1) is 0 Å². The van der Waals surface area contributed by atoms with Crippen LogP contribution in [0.5, 0.6) is 0 Å². The van der Waals surface area contributed by atoms with Crippen molar-refractivity contribution in [2.75, 3.05) is 0 Å². The molecule has 46 valence electrons. The minimum absolute atomic E-state index is 0.211. The Balaban J connectivity index is 2.51. The van der Waals surface area contributed by atoms with Crippen molar-refractivity contribution in [3.63, 3.8) is 0 Å². The summed E-state index contributed by atoms with van der Waals surface area (Å²) in [5.74, 6) is 0. The minimum Gasteiger partial charge on any atom is -0.373 e. The second-order valence-electron chi connectivity index (χ2n) is 1.70. The SMILES string of the molecule is CC1SC(=S)NC1O. The van der Waals surface area contributed by atoms with E-state index in [9.17, 15) is 0 Å². The number of hydrogen-bond donors (Lipinski definition) is 2. The van der Waals surface area contributed by atoms with Crippen LogP contribution in [0.4, 0.5) is 0 Å². The fourth-order valence-corrected chi connectivity index (χ4v) is 1.80. The van der Waals surface area contributed by atoms with Crippen molar-refractivity contribution in [2.24, 2.45) is 0 Å². The van der Waals surface area contributed by atoms with Crippen LogP contribution in [0.15, 0.2) is 0 Å². The maximum atomic E-state index is 8.95. The number of rotatable bonds is 0. The Kier molecular flexibility index (Phi) is 1.74. The molecule has 2 unspecified atom stereocenters. The summed E-state index contributed by atoms with van der Waals surface area (Å²) >= 11 is 6.26. The van der Waals surface area contributed by atoms with E-state index in [-0.39, 0.29) is 5.25 Å².